The summed E-state index contributed by atoms with van der Waals surface area (Å²) in [5.74, 6) is 0.742. The molecule has 0 N–H and O–H groups in total. The van der Waals surface area contributed by atoms with Crippen molar-refractivity contribution in [2.45, 2.75) is 46.1 Å². The molecular formula is C15H20O2. The molecule has 0 aromatic rings. The monoisotopic (exact) mass is 232 g/mol. The predicted molar refractivity (Wildman–Crippen MR) is 66.3 cm³/mol. The Morgan fingerprint density at radius 2 is 2.18 bits per heavy atom. The van der Waals surface area contributed by atoms with Crippen LogP contribution in [0.1, 0.15) is 40.0 Å². The first kappa shape index (κ1) is 11.1. The molecule has 3 atom stereocenters. The fraction of sp³-hybridized carbons (Fsp3) is 0.667. The third-order valence-electron chi connectivity index (χ3n) is 4.55. The summed E-state index contributed by atoms with van der Waals surface area (Å²) in [6.45, 7) is 6.65. The van der Waals surface area contributed by atoms with Gasteiger partial charge in [0, 0.05) is 16.9 Å². The molecular weight excluding hydrogens is 212 g/mol. The minimum atomic E-state index is -0.0641. The summed E-state index contributed by atoms with van der Waals surface area (Å²) in [7, 11) is 0. The Balaban J connectivity index is 2.06. The van der Waals surface area contributed by atoms with Gasteiger partial charge in [0.25, 0.3) is 0 Å². The lowest BCUT2D eigenvalue weighted by atomic mass is 9.84. The summed E-state index contributed by atoms with van der Waals surface area (Å²) in [5, 5.41) is 0. The Hall–Kier alpha value is -1.05. The molecule has 0 aromatic carbocycles. The molecule has 1 aliphatic heterocycles. The second-order valence-electron chi connectivity index (χ2n) is 6.42. The molecule has 1 saturated heterocycles. The van der Waals surface area contributed by atoms with Gasteiger partial charge in [-0.15, -0.1) is 0 Å². The molecule has 0 amide bonds. The molecule has 92 valence electrons. The van der Waals surface area contributed by atoms with Gasteiger partial charge in [-0.25, -0.2) is 4.79 Å². The Bertz CT molecular complexity index is 428. The number of hydrogen-bond acceptors (Lipinski definition) is 2. The number of esters is 1. The zero-order valence-corrected chi connectivity index (χ0v) is 10.8. The van der Waals surface area contributed by atoms with Crippen LogP contribution in [0.2, 0.25) is 0 Å². The Morgan fingerprint density at radius 1 is 1.41 bits per heavy atom. The lowest BCUT2D eigenvalue weighted by Gasteiger charge is -2.24. The van der Waals surface area contributed by atoms with E-state index in [9.17, 15) is 4.79 Å². The highest BCUT2D eigenvalue weighted by Gasteiger charge is 2.56. The first-order valence-electron chi connectivity index (χ1n) is 6.57. The third-order valence-corrected chi connectivity index (χ3v) is 4.55. The Labute approximate surface area is 103 Å². The van der Waals surface area contributed by atoms with E-state index in [-0.39, 0.29) is 17.5 Å². The Kier molecular flexibility index (Phi) is 2.26. The highest BCUT2D eigenvalue weighted by molar-refractivity contribution is 5.92. The van der Waals surface area contributed by atoms with Gasteiger partial charge in [0.15, 0.2) is 0 Å². The van der Waals surface area contributed by atoms with E-state index in [4.69, 9.17) is 4.74 Å². The molecule has 1 saturated carbocycles. The first-order valence-corrected chi connectivity index (χ1v) is 6.57. The van der Waals surface area contributed by atoms with Gasteiger partial charge in [0.1, 0.15) is 6.10 Å². The number of rotatable bonds is 0. The molecule has 1 heterocycles. The van der Waals surface area contributed by atoms with Gasteiger partial charge in [0.05, 0.1) is 0 Å². The van der Waals surface area contributed by atoms with Gasteiger partial charge in [-0.05, 0) is 32.1 Å². The fourth-order valence-corrected chi connectivity index (χ4v) is 3.79. The van der Waals surface area contributed by atoms with Gasteiger partial charge in [-0.1, -0.05) is 31.6 Å². The predicted octanol–water partition coefficient (Wildman–Crippen LogP) is 3.24. The quantitative estimate of drug-likeness (QED) is 0.473. The van der Waals surface area contributed by atoms with Crippen LogP contribution in [0.3, 0.4) is 0 Å². The lowest BCUT2D eigenvalue weighted by Crippen LogP contribution is -2.26. The summed E-state index contributed by atoms with van der Waals surface area (Å²) in [4.78, 5) is 11.9. The zero-order chi connectivity index (χ0) is 12.2. The second-order valence-corrected chi connectivity index (χ2v) is 6.42. The van der Waals surface area contributed by atoms with Crippen LogP contribution in [0.15, 0.2) is 23.3 Å². The Morgan fingerprint density at radius 3 is 2.94 bits per heavy atom. The number of hydrogen-bond donors (Lipinski definition) is 0. The van der Waals surface area contributed by atoms with Crippen LogP contribution >= 0.6 is 0 Å². The lowest BCUT2D eigenvalue weighted by molar-refractivity contribution is -0.142. The summed E-state index contributed by atoms with van der Waals surface area (Å²) in [5.41, 5.74) is 2.53. The zero-order valence-electron chi connectivity index (χ0n) is 10.8. The van der Waals surface area contributed by atoms with E-state index in [0.717, 1.165) is 24.8 Å². The van der Waals surface area contributed by atoms with Crippen LogP contribution in [0.4, 0.5) is 0 Å². The molecule has 17 heavy (non-hydrogen) atoms. The molecule has 0 spiro atoms. The van der Waals surface area contributed by atoms with E-state index < -0.39 is 0 Å². The average molecular weight is 232 g/mol. The van der Waals surface area contributed by atoms with E-state index in [1.165, 1.54) is 5.57 Å². The maximum Gasteiger partial charge on any atom is 0.334 e. The number of carbonyl (C=O) groups excluding carboxylic acids is 1. The van der Waals surface area contributed by atoms with Gasteiger partial charge >= 0.3 is 5.97 Å². The van der Waals surface area contributed by atoms with E-state index in [2.05, 4.69) is 32.9 Å². The highest BCUT2D eigenvalue weighted by atomic mass is 16.6. The van der Waals surface area contributed by atoms with Crippen LogP contribution in [0, 0.1) is 17.3 Å². The van der Waals surface area contributed by atoms with Crippen molar-refractivity contribution in [3.8, 4) is 0 Å². The first-order chi connectivity index (χ1) is 7.99. The van der Waals surface area contributed by atoms with Crippen molar-refractivity contribution in [2.24, 2.45) is 17.3 Å². The number of allylic oxidation sites excluding steroid dienone is 3. The third kappa shape index (κ3) is 1.57. The largest absolute Gasteiger partial charge is 0.458 e. The van der Waals surface area contributed by atoms with Gasteiger partial charge in [-0.3, -0.25) is 0 Å². The van der Waals surface area contributed by atoms with Crippen LogP contribution in [0.5, 0.6) is 0 Å². The molecule has 2 fully saturated rings. The van der Waals surface area contributed by atoms with Crippen molar-refractivity contribution < 1.29 is 9.53 Å². The van der Waals surface area contributed by atoms with Gasteiger partial charge < -0.3 is 4.74 Å². The summed E-state index contributed by atoms with van der Waals surface area (Å²) in [6.07, 6.45) is 7.78. The molecule has 2 heteroatoms. The molecule has 2 nitrogen and oxygen atoms in total. The van der Waals surface area contributed by atoms with Crippen LogP contribution in [-0.2, 0) is 9.53 Å². The normalized spacial score (nSPS) is 44.9. The van der Waals surface area contributed by atoms with Crippen molar-refractivity contribution in [3.63, 3.8) is 0 Å². The standard InChI is InChI=1S/C15H20O2/c1-9-5-4-6-11-12-10(7-9)8-15(2,3)13(12)17-14(11)16/h6-7,10,12-13H,4-5,8H2,1-3H3/b9-7-,11-6+/t10-,12+,13-/m0/s1. The number of ether oxygens (including phenoxy) is 1. The van der Waals surface area contributed by atoms with Crippen LogP contribution in [-0.4, -0.2) is 12.1 Å². The smallest absolute Gasteiger partial charge is 0.334 e. The molecule has 2 aliphatic carbocycles. The van der Waals surface area contributed by atoms with Crippen molar-refractivity contribution in [1.82, 2.24) is 0 Å². The van der Waals surface area contributed by atoms with E-state index >= 15 is 0 Å². The number of carbonyl (C=O) groups is 1. The fourth-order valence-electron chi connectivity index (χ4n) is 3.79. The molecule has 0 unspecified atom stereocenters. The SMILES string of the molecule is C/C1=C/[C@H]2CC(C)(C)[C@H]3OC(=O)/C(=C/CC1)[C@@H]23. The topological polar surface area (TPSA) is 26.3 Å². The molecule has 0 aromatic heterocycles. The minimum Gasteiger partial charge on any atom is -0.458 e. The van der Waals surface area contributed by atoms with Gasteiger partial charge in [0.2, 0.25) is 0 Å². The van der Waals surface area contributed by atoms with Crippen molar-refractivity contribution in [3.05, 3.63) is 23.3 Å². The average Bonchev–Trinajstić information content (AvgIpc) is 2.63. The van der Waals surface area contributed by atoms with Crippen LogP contribution in [0.25, 0.3) is 0 Å². The second kappa shape index (κ2) is 3.47. The summed E-state index contributed by atoms with van der Waals surface area (Å²) >= 11 is 0. The van der Waals surface area contributed by atoms with E-state index in [1.807, 2.05) is 0 Å². The highest BCUT2D eigenvalue weighted by Crippen LogP contribution is 2.54. The molecule has 3 aliphatic rings. The van der Waals surface area contributed by atoms with E-state index in [0.29, 0.717) is 11.8 Å². The maximum atomic E-state index is 11.9. The molecule has 3 rings (SSSR count). The van der Waals surface area contributed by atoms with Crippen molar-refractivity contribution in [1.29, 1.82) is 0 Å². The van der Waals surface area contributed by atoms with Gasteiger partial charge in [-0.2, -0.15) is 0 Å². The minimum absolute atomic E-state index is 0.0641. The van der Waals surface area contributed by atoms with Crippen molar-refractivity contribution >= 4 is 5.97 Å². The van der Waals surface area contributed by atoms with Crippen molar-refractivity contribution in [2.75, 3.05) is 0 Å². The van der Waals surface area contributed by atoms with Crippen LogP contribution < -0.4 is 0 Å². The summed E-state index contributed by atoms with van der Waals surface area (Å²) < 4.78 is 5.62. The maximum absolute atomic E-state index is 11.9. The van der Waals surface area contributed by atoms with E-state index in [1.54, 1.807) is 0 Å². The molecule has 0 bridgehead atoms. The molecule has 0 radical (unpaired) electrons. The summed E-state index contributed by atoms with van der Waals surface area (Å²) in [6, 6.07) is 0.